The lowest BCUT2D eigenvalue weighted by molar-refractivity contribution is -0.119. The summed E-state index contributed by atoms with van der Waals surface area (Å²) < 4.78 is 0. The number of nitrogens with zero attached hydrogens (tertiary/aromatic N) is 3. The van der Waals surface area contributed by atoms with Crippen molar-refractivity contribution < 1.29 is 14.7 Å². The number of rotatable bonds is 5. The molecule has 0 saturated carbocycles. The van der Waals surface area contributed by atoms with Crippen LogP contribution < -0.4 is 4.90 Å². The minimum atomic E-state index is -0.573. The molecule has 168 valence electrons. The van der Waals surface area contributed by atoms with Gasteiger partial charge in [-0.2, -0.15) is 0 Å². The highest BCUT2D eigenvalue weighted by Gasteiger charge is 2.28. The highest BCUT2D eigenvalue weighted by atomic mass is 16.3. The third-order valence-electron chi connectivity index (χ3n) is 7.00. The Morgan fingerprint density at radius 1 is 0.844 bits per heavy atom. The zero-order valence-electron chi connectivity index (χ0n) is 18.5. The van der Waals surface area contributed by atoms with Crippen LogP contribution in [0.3, 0.4) is 0 Å². The molecule has 1 atom stereocenters. The van der Waals surface area contributed by atoms with Crippen LogP contribution >= 0.6 is 0 Å². The van der Waals surface area contributed by atoms with E-state index in [-0.39, 0.29) is 11.8 Å². The van der Waals surface area contributed by atoms with E-state index in [9.17, 15) is 14.7 Å². The lowest BCUT2D eigenvalue weighted by Crippen LogP contribution is -2.46. The molecule has 2 aromatic carbocycles. The normalized spacial score (nSPS) is 20.2. The number of hydrogen-bond acceptors (Lipinski definition) is 4. The van der Waals surface area contributed by atoms with Crippen molar-refractivity contribution in [3.8, 4) is 0 Å². The van der Waals surface area contributed by atoms with Crippen molar-refractivity contribution in [1.82, 2.24) is 9.80 Å². The minimum Gasteiger partial charge on any atom is -0.390 e. The lowest BCUT2D eigenvalue weighted by Gasteiger charge is -2.34. The molecule has 0 aromatic heterocycles. The molecule has 1 N–H and O–H groups in total. The Kier molecular flexibility index (Phi) is 5.98. The summed E-state index contributed by atoms with van der Waals surface area (Å²) in [5, 5.41) is 10.7. The molecule has 32 heavy (non-hydrogen) atoms. The van der Waals surface area contributed by atoms with E-state index < -0.39 is 6.10 Å². The summed E-state index contributed by atoms with van der Waals surface area (Å²) in [6.45, 7) is 4.06. The number of carbonyl (C=O) groups excluding carboxylic acids is 2. The molecule has 3 heterocycles. The molecule has 6 nitrogen and oxygen atoms in total. The molecule has 1 unspecified atom stereocenters. The number of β-amino-alcohol motifs (C(OH)–C–C–N with tert-alkyl or cyclic N) is 1. The molecule has 3 aliphatic heterocycles. The molecule has 5 rings (SSSR count). The van der Waals surface area contributed by atoms with Gasteiger partial charge >= 0.3 is 0 Å². The van der Waals surface area contributed by atoms with Gasteiger partial charge in [-0.05, 0) is 60.6 Å². The molecule has 3 aliphatic rings. The molecule has 2 amide bonds. The number of aliphatic hydroxyl groups is 1. The number of anilines is 1. The second-order valence-corrected chi connectivity index (χ2v) is 9.25. The number of fused-ring (bicyclic) bond motifs is 2. The van der Waals surface area contributed by atoms with Gasteiger partial charge < -0.3 is 14.9 Å². The maximum absolute atomic E-state index is 13.1. The van der Waals surface area contributed by atoms with E-state index in [2.05, 4.69) is 29.2 Å². The summed E-state index contributed by atoms with van der Waals surface area (Å²) in [7, 11) is 0. The zero-order valence-corrected chi connectivity index (χ0v) is 18.5. The Labute approximate surface area is 189 Å². The lowest BCUT2D eigenvalue weighted by atomic mass is 9.97. The van der Waals surface area contributed by atoms with E-state index in [1.54, 1.807) is 4.90 Å². The quantitative estimate of drug-likeness (QED) is 0.787. The molecule has 0 aliphatic carbocycles. The first-order chi connectivity index (χ1) is 15.6. The summed E-state index contributed by atoms with van der Waals surface area (Å²) in [4.78, 5) is 31.2. The fourth-order valence-corrected chi connectivity index (χ4v) is 5.26. The van der Waals surface area contributed by atoms with Crippen LogP contribution in [0.15, 0.2) is 42.5 Å². The molecular formula is C26H31N3O3. The standard InChI is InChI=1S/C26H31N3O3/c30-23(17-27-13-10-19-5-1-2-6-21(19)16-27)18-28-14-11-20-15-22(8-9-24(20)26(28)32)29-12-4-3-7-25(29)31/h1-2,5-6,8-9,15,23,30H,3-4,7,10-14,16-18H2. The SMILES string of the molecule is O=C1c2ccc(N3CCCCC3=O)cc2CCN1CC(O)CN1CCc2ccccc2C1. The zero-order chi connectivity index (χ0) is 22.1. The average molecular weight is 434 g/mol. The van der Waals surface area contributed by atoms with E-state index in [1.807, 2.05) is 23.1 Å². The monoisotopic (exact) mass is 433 g/mol. The summed E-state index contributed by atoms with van der Waals surface area (Å²) in [6, 6.07) is 14.2. The fraction of sp³-hybridized carbons (Fsp3) is 0.462. The Hall–Kier alpha value is -2.70. The first kappa shape index (κ1) is 21.2. The molecule has 0 radical (unpaired) electrons. The van der Waals surface area contributed by atoms with Crippen LogP contribution in [0.5, 0.6) is 0 Å². The average Bonchev–Trinajstić information content (AvgIpc) is 2.81. The van der Waals surface area contributed by atoms with Gasteiger partial charge in [0.05, 0.1) is 6.10 Å². The molecule has 1 fully saturated rings. The molecule has 1 saturated heterocycles. The first-order valence-electron chi connectivity index (χ1n) is 11.8. The second kappa shape index (κ2) is 9.04. The van der Waals surface area contributed by atoms with Crippen LogP contribution in [-0.4, -0.2) is 65.5 Å². The van der Waals surface area contributed by atoms with Gasteiger partial charge in [0.1, 0.15) is 0 Å². The van der Waals surface area contributed by atoms with Crippen LogP contribution in [0.4, 0.5) is 5.69 Å². The maximum atomic E-state index is 13.1. The van der Waals surface area contributed by atoms with Gasteiger partial charge in [-0.1, -0.05) is 24.3 Å². The third kappa shape index (κ3) is 4.30. The molecule has 0 bridgehead atoms. The number of carbonyl (C=O) groups is 2. The van der Waals surface area contributed by atoms with Crippen LogP contribution in [-0.2, 0) is 24.2 Å². The number of amides is 2. The van der Waals surface area contributed by atoms with Crippen molar-refractivity contribution in [3.05, 3.63) is 64.7 Å². The number of benzene rings is 2. The van der Waals surface area contributed by atoms with Crippen molar-refractivity contribution >= 4 is 17.5 Å². The summed E-state index contributed by atoms with van der Waals surface area (Å²) in [6.07, 6.45) is 3.76. The van der Waals surface area contributed by atoms with Crippen LogP contribution in [0.2, 0.25) is 0 Å². The number of hydrogen-bond donors (Lipinski definition) is 1. The summed E-state index contributed by atoms with van der Waals surface area (Å²) in [5.74, 6) is 0.147. The van der Waals surface area contributed by atoms with E-state index in [4.69, 9.17) is 0 Å². The van der Waals surface area contributed by atoms with Gasteiger partial charge in [0.2, 0.25) is 5.91 Å². The van der Waals surface area contributed by atoms with Crippen molar-refractivity contribution in [2.24, 2.45) is 0 Å². The van der Waals surface area contributed by atoms with E-state index in [0.717, 1.165) is 56.6 Å². The summed E-state index contributed by atoms with van der Waals surface area (Å²) >= 11 is 0. The van der Waals surface area contributed by atoms with Crippen LogP contribution in [0.25, 0.3) is 0 Å². The van der Waals surface area contributed by atoms with Crippen LogP contribution in [0, 0.1) is 0 Å². The molecule has 0 spiro atoms. The number of piperidine rings is 1. The van der Waals surface area contributed by atoms with Gasteiger partial charge in [-0.25, -0.2) is 0 Å². The van der Waals surface area contributed by atoms with Crippen molar-refractivity contribution in [2.75, 3.05) is 37.6 Å². The van der Waals surface area contributed by atoms with E-state index in [0.29, 0.717) is 31.6 Å². The largest absolute Gasteiger partial charge is 0.390 e. The molecule has 6 heteroatoms. The van der Waals surface area contributed by atoms with Crippen molar-refractivity contribution in [1.29, 1.82) is 0 Å². The van der Waals surface area contributed by atoms with Gasteiger partial charge in [-0.15, -0.1) is 0 Å². The Balaban J connectivity index is 1.21. The predicted molar refractivity (Wildman–Crippen MR) is 124 cm³/mol. The van der Waals surface area contributed by atoms with E-state index >= 15 is 0 Å². The van der Waals surface area contributed by atoms with Gasteiger partial charge in [0.15, 0.2) is 0 Å². The van der Waals surface area contributed by atoms with Gasteiger partial charge in [0, 0.05) is 56.9 Å². The predicted octanol–water partition coefficient (Wildman–Crippen LogP) is 2.62. The summed E-state index contributed by atoms with van der Waals surface area (Å²) in [5.41, 5.74) is 5.33. The maximum Gasteiger partial charge on any atom is 0.254 e. The van der Waals surface area contributed by atoms with Crippen LogP contribution in [0.1, 0.15) is 46.3 Å². The van der Waals surface area contributed by atoms with Crippen molar-refractivity contribution in [3.63, 3.8) is 0 Å². The Morgan fingerprint density at radius 3 is 2.50 bits per heavy atom. The topological polar surface area (TPSA) is 64.1 Å². The first-order valence-corrected chi connectivity index (χ1v) is 11.8. The second-order valence-electron chi connectivity index (χ2n) is 9.25. The smallest absolute Gasteiger partial charge is 0.254 e. The molecular weight excluding hydrogens is 402 g/mol. The molecule has 2 aromatic rings. The van der Waals surface area contributed by atoms with E-state index in [1.165, 1.54) is 11.1 Å². The Bertz CT molecular complexity index is 1020. The van der Waals surface area contributed by atoms with Gasteiger partial charge in [-0.3, -0.25) is 14.5 Å². The fourth-order valence-electron chi connectivity index (χ4n) is 5.26. The highest BCUT2D eigenvalue weighted by Crippen LogP contribution is 2.27. The minimum absolute atomic E-state index is 0.0224. The number of aliphatic hydroxyl groups excluding tert-OH is 1. The third-order valence-corrected chi connectivity index (χ3v) is 7.00. The highest BCUT2D eigenvalue weighted by molar-refractivity contribution is 5.99. The Morgan fingerprint density at radius 2 is 1.66 bits per heavy atom. The van der Waals surface area contributed by atoms with Gasteiger partial charge in [0.25, 0.3) is 5.91 Å². The van der Waals surface area contributed by atoms with Crippen molar-refractivity contribution in [2.45, 2.75) is 44.8 Å².